The van der Waals surface area contributed by atoms with Crippen molar-refractivity contribution < 1.29 is 23.1 Å². The van der Waals surface area contributed by atoms with E-state index in [9.17, 15) is 18.4 Å². The number of hydrogen-bond donors (Lipinski definition) is 1. The van der Waals surface area contributed by atoms with Crippen LogP contribution in [0.2, 0.25) is 0 Å². The molecule has 0 aromatic heterocycles. The van der Waals surface area contributed by atoms with Crippen molar-refractivity contribution in [1.82, 2.24) is 4.90 Å². The van der Waals surface area contributed by atoms with E-state index in [4.69, 9.17) is 4.74 Å². The van der Waals surface area contributed by atoms with E-state index in [0.29, 0.717) is 35.4 Å². The Balaban J connectivity index is 1.58. The Morgan fingerprint density at radius 1 is 1.29 bits per heavy atom. The number of anilines is 1. The van der Waals surface area contributed by atoms with E-state index in [1.165, 1.54) is 6.07 Å². The second kappa shape index (κ2) is 9.05. The van der Waals surface area contributed by atoms with Crippen LogP contribution in [0.5, 0.6) is 5.75 Å². The Bertz CT molecular complexity index is 846. The van der Waals surface area contributed by atoms with Crippen molar-refractivity contribution in [1.29, 1.82) is 0 Å². The third-order valence-corrected chi connectivity index (χ3v) is 5.15. The number of methoxy groups -OCH3 is 1. The summed E-state index contributed by atoms with van der Waals surface area (Å²) in [6.07, 6.45) is 0.132. The fourth-order valence-electron chi connectivity index (χ4n) is 3.05. The van der Waals surface area contributed by atoms with Gasteiger partial charge in [-0.25, -0.2) is 0 Å². The van der Waals surface area contributed by atoms with Crippen molar-refractivity contribution in [3.8, 4) is 5.75 Å². The molecule has 0 bridgehead atoms. The number of rotatable bonds is 7. The average molecular weight is 406 g/mol. The normalized spacial score (nSPS) is 16.5. The number of halogens is 2. The summed E-state index contributed by atoms with van der Waals surface area (Å²) in [5, 5.41) is 2.72. The summed E-state index contributed by atoms with van der Waals surface area (Å²) in [6, 6.07) is 13.7. The lowest BCUT2D eigenvalue weighted by molar-refractivity contribution is -0.128. The fourth-order valence-corrected chi connectivity index (χ4v) is 3.60. The van der Waals surface area contributed by atoms with Gasteiger partial charge in [0.15, 0.2) is 0 Å². The van der Waals surface area contributed by atoms with Gasteiger partial charge in [-0.05, 0) is 35.9 Å². The summed E-state index contributed by atoms with van der Waals surface area (Å²) in [6.45, 7) is 0.745. The van der Waals surface area contributed by atoms with Crippen LogP contribution in [0.3, 0.4) is 0 Å². The molecule has 1 saturated heterocycles. The highest BCUT2D eigenvalue weighted by Crippen LogP contribution is 2.28. The van der Waals surface area contributed by atoms with Crippen molar-refractivity contribution in [2.75, 3.05) is 19.0 Å². The van der Waals surface area contributed by atoms with Crippen LogP contribution < -0.4 is 10.1 Å². The molecule has 148 valence electrons. The maximum absolute atomic E-state index is 12.5. The van der Waals surface area contributed by atoms with E-state index < -0.39 is 11.7 Å². The molecular weight excluding hydrogens is 386 g/mol. The molecule has 0 spiro atoms. The molecule has 0 aliphatic carbocycles. The number of ether oxygens (including phenoxy) is 1. The van der Waals surface area contributed by atoms with Gasteiger partial charge < -0.3 is 15.0 Å². The second-order valence-electron chi connectivity index (χ2n) is 6.42. The molecule has 1 fully saturated rings. The average Bonchev–Trinajstić information content (AvgIpc) is 3.03. The largest absolute Gasteiger partial charge is 0.497 e. The smallest absolute Gasteiger partial charge is 0.288 e. The Morgan fingerprint density at radius 3 is 2.71 bits per heavy atom. The number of nitrogens with one attached hydrogen (secondary N) is 1. The molecule has 8 heteroatoms. The third-order valence-electron chi connectivity index (χ3n) is 4.44. The summed E-state index contributed by atoms with van der Waals surface area (Å²) < 4.78 is 30.1. The lowest BCUT2D eigenvalue weighted by atomic mass is 10.1. The SMILES string of the molecule is COc1ccc(CN2CC(C(=O)Nc3cccc(SC(F)F)c3)CC2=O)cc1. The Labute approximate surface area is 166 Å². The molecule has 1 aliphatic rings. The van der Waals surface area contributed by atoms with E-state index >= 15 is 0 Å². The van der Waals surface area contributed by atoms with Gasteiger partial charge >= 0.3 is 0 Å². The predicted molar refractivity (Wildman–Crippen MR) is 103 cm³/mol. The molecule has 1 atom stereocenters. The second-order valence-corrected chi connectivity index (χ2v) is 7.48. The van der Waals surface area contributed by atoms with E-state index in [2.05, 4.69) is 5.32 Å². The highest BCUT2D eigenvalue weighted by Gasteiger charge is 2.34. The number of benzene rings is 2. The topological polar surface area (TPSA) is 58.6 Å². The molecule has 1 N–H and O–H groups in total. The number of carbonyl (C=O) groups excluding carboxylic acids is 2. The number of nitrogens with zero attached hydrogens (tertiary/aromatic N) is 1. The molecule has 2 amide bonds. The number of thioether (sulfide) groups is 1. The van der Waals surface area contributed by atoms with Gasteiger partial charge in [0, 0.05) is 30.1 Å². The van der Waals surface area contributed by atoms with Crippen molar-refractivity contribution in [2.45, 2.75) is 23.6 Å². The molecular formula is C20H20F2N2O3S. The van der Waals surface area contributed by atoms with Gasteiger partial charge in [-0.3, -0.25) is 9.59 Å². The molecule has 1 aliphatic heterocycles. The van der Waals surface area contributed by atoms with Crippen LogP contribution in [0.1, 0.15) is 12.0 Å². The van der Waals surface area contributed by atoms with Crippen LogP contribution in [-0.4, -0.2) is 36.1 Å². The maximum Gasteiger partial charge on any atom is 0.288 e. The van der Waals surface area contributed by atoms with Gasteiger partial charge in [-0.2, -0.15) is 8.78 Å². The standard InChI is InChI=1S/C20H20F2N2O3S/c1-27-16-7-5-13(6-8-16)11-24-12-14(9-18(24)25)19(26)23-15-3-2-4-17(10-15)28-20(21)22/h2-8,10,14,20H,9,11-12H2,1H3,(H,23,26). The summed E-state index contributed by atoms with van der Waals surface area (Å²) >= 11 is 0.421. The number of amides is 2. The number of hydrogen-bond acceptors (Lipinski definition) is 4. The monoisotopic (exact) mass is 406 g/mol. The highest BCUT2D eigenvalue weighted by atomic mass is 32.2. The van der Waals surface area contributed by atoms with E-state index in [0.717, 1.165) is 11.3 Å². The zero-order valence-corrected chi connectivity index (χ0v) is 16.0. The summed E-state index contributed by atoms with van der Waals surface area (Å²) in [7, 11) is 1.59. The molecule has 5 nitrogen and oxygen atoms in total. The molecule has 2 aromatic carbocycles. The molecule has 28 heavy (non-hydrogen) atoms. The van der Waals surface area contributed by atoms with Gasteiger partial charge in [0.2, 0.25) is 11.8 Å². The van der Waals surface area contributed by atoms with Crippen LogP contribution in [0.4, 0.5) is 14.5 Å². The van der Waals surface area contributed by atoms with Crippen molar-refractivity contribution in [3.63, 3.8) is 0 Å². The summed E-state index contributed by atoms with van der Waals surface area (Å²) in [5.74, 6) is -2.63. The first-order valence-electron chi connectivity index (χ1n) is 8.71. The minimum atomic E-state index is -2.52. The van der Waals surface area contributed by atoms with E-state index in [-0.39, 0.29) is 18.2 Å². The zero-order chi connectivity index (χ0) is 20.1. The Morgan fingerprint density at radius 2 is 2.04 bits per heavy atom. The van der Waals surface area contributed by atoms with Crippen LogP contribution in [0, 0.1) is 5.92 Å². The van der Waals surface area contributed by atoms with Crippen LogP contribution in [0.15, 0.2) is 53.4 Å². The molecule has 0 radical (unpaired) electrons. The third kappa shape index (κ3) is 5.22. The molecule has 2 aromatic rings. The van der Waals surface area contributed by atoms with E-state index in [1.807, 2.05) is 24.3 Å². The van der Waals surface area contributed by atoms with Crippen molar-refractivity contribution in [2.24, 2.45) is 5.92 Å². The predicted octanol–water partition coefficient (Wildman–Crippen LogP) is 4.00. The van der Waals surface area contributed by atoms with Crippen molar-refractivity contribution >= 4 is 29.3 Å². The first kappa shape index (κ1) is 20.1. The van der Waals surface area contributed by atoms with Gasteiger partial charge in [0.05, 0.1) is 13.0 Å². The Kier molecular flexibility index (Phi) is 6.51. The number of alkyl halides is 2. The van der Waals surface area contributed by atoms with Gasteiger partial charge in [-0.15, -0.1) is 0 Å². The van der Waals surface area contributed by atoms with Gasteiger partial charge in [-0.1, -0.05) is 30.0 Å². The number of carbonyl (C=O) groups is 2. The van der Waals surface area contributed by atoms with Crippen LogP contribution in [0.25, 0.3) is 0 Å². The quantitative estimate of drug-likeness (QED) is 0.707. The molecule has 3 rings (SSSR count). The zero-order valence-electron chi connectivity index (χ0n) is 15.2. The molecule has 1 unspecified atom stereocenters. The van der Waals surface area contributed by atoms with Crippen LogP contribution >= 0.6 is 11.8 Å². The highest BCUT2D eigenvalue weighted by molar-refractivity contribution is 7.99. The Hall–Kier alpha value is -2.61. The maximum atomic E-state index is 12.5. The number of likely N-dealkylation sites (tertiary alicyclic amines) is 1. The first-order valence-corrected chi connectivity index (χ1v) is 9.59. The lowest BCUT2D eigenvalue weighted by Gasteiger charge is -2.17. The molecule has 1 heterocycles. The van der Waals surface area contributed by atoms with E-state index in [1.54, 1.807) is 30.2 Å². The van der Waals surface area contributed by atoms with Gasteiger partial charge in [0.25, 0.3) is 5.76 Å². The minimum absolute atomic E-state index is 0.0852. The lowest BCUT2D eigenvalue weighted by Crippen LogP contribution is -2.28. The minimum Gasteiger partial charge on any atom is -0.497 e. The fraction of sp³-hybridized carbons (Fsp3) is 0.300. The summed E-state index contributed by atoms with van der Waals surface area (Å²) in [5.41, 5.74) is 1.39. The van der Waals surface area contributed by atoms with Crippen LogP contribution in [-0.2, 0) is 16.1 Å². The van der Waals surface area contributed by atoms with Crippen molar-refractivity contribution in [3.05, 3.63) is 54.1 Å². The van der Waals surface area contributed by atoms with Gasteiger partial charge in [0.1, 0.15) is 5.75 Å². The molecule has 0 saturated carbocycles. The first-order chi connectivity index (χ1) is 13.4. The summed E-state index contributed by atoms with van der Waals surface area (Å²) in [4.78, 5) is 26.8.